The number of nitrogens with one attached hydrogen (secondary N) is 1. The van der Waals surface area contributed by atoms with Crippen molar-refractivity contribution in [2.24, 2.45) is 5.10 Å². The molecule has 0 amide bonds. The van der Waals surface area contributed by atoms with E-state index in [-0.39, 0.29) is 5.75 Å². The molecule has 0 aliphatic heterocycles. The molecule has 0 aliphatic carbocycles. The maximum Gasteiger partial charge on any atom is 0.204 e. The van der Waals surface area contributed by atoms with Crippen LogP contribution in [0.25, 0.3) is 10.2 Å². The molecule has 0 fully saturated rings. The summed E-state index contributed by atoms with van der Waals surface area (Å²) < 4.78 is 6.45. The van der Waals surface area contributed by atoms with Gasteiger partial charge in [0.2, 0.25) is 5.13 Å². The average molecular weight is 313 g/mol. The number of hydrogen-bond donors (Lipinski definition) is 2. The second kappa shape index (κ2) is 6.44. The highest BCUT2D eigenvalue weighted by Crippen LogP contribution is 2.27. The van der Waals surface area contributed by atoms with Crippen molar-refractivity contribution in [1.29, 1.82) is 0 Å². The highest BCUT2D eigenvalue weighted by molar-refractivity contribution is 7.22. The number of hydrogen-bond acceptors (Lipinski definition) is 6. The van der Waals surface area contributed by atoms with Crippen LogP contribution in [0.15, 0.2) is 47.6 Å². The number of hydrazone groups is 1. The van der Waals surface area contributed by atoms with Gasteiger partial charge in [-0.3, -0.25) is 5.43 Å². The number of para-hydroxylation sites is 1. The monoisotopic (exact) mass is 313 g/mol. The highest BCUT2D eigenvalue weighted by atomic mass is 32.1. The molecule has 0 spiro atoms. The summed E-state index contributed by atoms with van der Waals surface area (Å²) >= 11 is 1.55. The molecule has 3 aromatic rings. The van der Waals surface area contributed by atoms with Crippen molar-refractivity contribution >= 4 is 32.9 Å². The van der Waals surface area contributed by atoms with Crippen molar-refractivity contribution in [3.63, 3.8) is 0 Å². The largest absolute Gasteiger partial charge is 0.504 e. The molecular weight excluding hydrogens is 298 g/mol. The van der Waals surface area contributed by atoms with E-state index in [2.05, 4.69) is 15.5 Å². The molecule has 2 aromatic carbocycles. The minimum absolute atomic E-state index is 0.123. The highest BCUT2D eigenvalue weighted by Gasteiger charge is 2.03. The Balaban J connectivity index is 1.72. The average Bonchev–Trinajstić information content (AvgIpc) is 2.93. The van der Waals surface area contributed by atoms with Gasteiger partial charge in [-0.1, -0.05) is 23.5 Å². The van der Waals surface area contributed by atoms with Gasteiger partial charge in [0.15, 0.2) is 11.5 Å². The summed E-state index contributed by atoms with van der Waals surface area (Å²) in [6, 6.07) is 13.0. The third-order valence-electron chi connectivity index (χ3n) is 2.95. The summed E-state index contributed by atoms with van der Waals surface area (Å²) in [4.78, 5) is 4.43. The molecule has 0 saturated heterocycles. The summed E-state index contributed by atoms with van der Waals surface area (Å²) in [6.45, 7) is 2.37. The first-order chi connectivity index (χ1) is 10.8. The van der Waals surface area contributed by atoms with Gasteiger partial charge in [-0.15, -0.1) is 0 Å². The first-order valence-corrected chi connectivity index (χ1v) is 7.68. The zero-order valence-corrected chi connectivity index (χ0v) is 12.8. The number of nitrogens with zero attached hydrogens (tertiary/aromatic N) is 2. The van der Waals surface area contributed by atoms with E-state index in [4.69, 9.17) is 4.74 Å². The Morgan fingerprint density at radius 3 is 3.00 bits per heavy atom. The van der Waals surface area contributed by atoms with Crippen molar-refractivity contribution in [3.8, 4) is 11.5 Å². The van der Waals surface area contributed by atoms with Crippen LogP contribution in [-0.4, -0.2) is 22.9 Å². The van der Waals surface area contributed by atoms with Gasteiger partial charge in [-0.05, 0) is 42.8 Å². The maximum absolute atomic E-state index is 9.66. The third kappa shape index (κ3) is 3.17. The van der Waals surface area contributed by atoms with Crippen LogP contribution in [0.1, 0.15) is 12.5 Å². The molecule has 0 atom stereocenters. The van der Waals surface area contributed by atoms with Crippen LogP contribution in [-0.2, 0) is 0 Å². The summed E-state index contributed by atoms with van der Waals surface area (Å²) in [7, 11) is 0. The second-order valence-corrected chi connectivity index (χ2v) is 5.55. The molecule has 2 N–H and O–H groups in total. The lowest BCUT2D eigenvalue weighted by Crippen LogP contribution is -1.94. The minimum Gasteiger partial charge on any atom is -0.504 e. The van der Waals surface area contributed by atoms with Crippen LogP contribution in [0.3, 0.4) is 0 Å². The van der Waals surface area contributed by atoms with Gasteiger partial charge in [0.1, 0.15) is 0 Å². The molecule has 0 radical (unpaired) electrons. The molecule has 112 valence electrons. The number of phenols is 1. The van der Waals surface area contributed by atoms with Crippen molar-refractivity contribution in [2.75, 3.05) is 12.0 Å². The third-order valence-corrected chi connectivity index (χ3v) is 3.89. The van der Waals surface area contributed by atoms with E-state index in [0.29, 0.717) is 12.4 Å². The quantitative estimate of drug-likeness (QED) is 0.554. The van der Waals surface area contributed by atoms with Crippen LogP contribution in [0.4, 0.5) is 5.13 Å². The molecule has 6 heteroatoms. The minimum atomic E-state index is 0.123. The summed E-state index contributed by atoms with van der Waals surface area (Å²) in [5.41, 5.74) is 4.70. The van der Waals surface area contributed by atoms with E-state index in [1.807, 2.05) is 31.2 Å². The van der Waals surface area contributed by atoms with Crippen LogP contribution in [0.2, 0.25) is 0 Å². The van der Waals surface area contributed by atoms with Crippen LogP contribution < -0.4 is 10.2 Å². The molecule has 0 saturated carbocycles. The van der Waals surface area contributed by atoms with Gasteiger partial charge in [0, 0.05) is 0 Å². The van der Waals surface area contributed by atoms with E-state index in [1.165, 1.54) is 0 Å². The molecule has 0 bridgehead atoms. The Morgan fingerprint density at radius 2 is 2.18 bits per heavy atom. The fraction of sp³-hybridized carbons (Fsp3) is 0.125. The topological polar surface area (TPSA) is 66.7 Å². The van der Waals surface area contributed by atoms with Crippen molar-refractivity contribution in [1.82, 2.24) is 4.98 Å². The van der Waals surface area contributed by atoms with E-state index in [0.717, 1.165) is 20.9 Å². The number of aromatic hydroxyl groups is 1. The number of ether oxygens (including phenoxy) is 1. The molecule has 0 unspecified atom stereocenters. The molecule has 22 heavy (non-hydrogen) atoms. The Hall–Kier alpha value is -2.60. The molecular formula is C16H15N3O2S. The Morgan fingerprint density at radius 1 is 1.32 bits per heavy atom. The molecule has 1 aromatic heterocycles. The van der Waals surface area contributed by atoms with Gasteiger partial charge in [-0.2, -0.15) is 5.10 Å². The Labute approximate surface area is 131 Å². The zero-order chi connectivity index (χ0) is 15.4. The number of rotatable bonds is 5. The van der Waals surface area contributed by atoms with Gasteiger partial charge < -0.3 is 9.84 Å². The lowest BCUT2D eigenvalue weighted by atomic mass is 10.2. The number of benzene rings is 2. The lowest BCUT2D eigenvalue weighted by molar-refractivity contribution is 0.318. The predicted octanol–water partition coefficient (Wildman–Crippen LogP) is 3.85. The van der Waals surface area contributed by atoms with Crippen LogP contribution in [0, 0.1) is 0 Å². The first kappa shape index (κ1) is 14.3. The Bertz CT molecular complexity index is 781. The van der Waals surface area contributed by atoms with E-state index >= 15 is 0 Å². The van der Waals surface area contributed by atoms with Crippen molar-refractivity contribution in [3.05, 3.63) is 48.0 Å². The first-order valence-electron chi connectivity index (χ1n) is 6.86. The van der Waals surface area contributed by atoms with Crippen LogP contribution >= 0.6 is 11.3 Å². The van der Waals surface area contributed by atoms with Gasteiger partial charge in [0.05, 0.1) is 23.0 Å². The van der Waals surface area contributed by atoms with E-state index < -0.39 is 0 Å². The van der Waals surface area contributed by atoms with Gasteiger partial charge >= 0.3 is 0 Å². The van der Waals surface area contributed by atoms with Crippen molar-refractivity contribution in [2.45, 2.75) is 6.92 Å². The van der Waals surface area contributed by atoms with E-state index in [9.17, 15) is 5.11 Å². The second-order valence-electron chi connectivity index (χ2n) is 4.52. The van der Waals surface area contributed by atoms with E-state index in [1.54, 1.807) is 35.8 Å². The molecule has 1 heterocycles. The smallest absolute Gasteiger partial charge is 0.204 e. The molecule has 5 nitrogen and oxygen atoms in total. The summed E-state index contributed by atoms with van der Waals surface area (Å²) in [5, 5.41) is 14.6. The lowest BCUT2D eigenvalue weighted by Gasteiger charge is -2.05. The number of thiazole rings is 1. The summed E-state index contributed by atoms with van der Waals surface area (Å²) in [6.07, 6.45) is 1.66. The number of fused-ring (bicyclic) bond motifs is 1. The van der Waals surface area contributed by atoms with Crippen LogP contribution in [0.5, 0.6) is 11.5 Å². The van der Waals surface area contributed by atoms with Gasteiger partial charge in [-0.25, -0.2) is 4.98 Å². The normalized spacial score (nSPS) is 11.1. The van der Waals surface area contributed by atoms with Gasteiger partial charge in [0.25, 0.3) is 0 Å². The standard InChI is InChI=1S/C16H15N3O2S/c1-2-21-14-9-11(7-8-13(14)20)10-17-19-16-18-12-5-3-4-6-15(12)22-16/h3-10,20H,2H2,1H3,(H,18,19)/b17-10-. The predicted molar refractivity (Wildman–Crippen MR) is 90.1 cm³/mol. The SMILES string of the molecule is CCOc1cc(/C=N\Nc2nc3ccccc3s2)ccc1O. The summed E-state index contributed by atoms with van der Waals surface area (Å²) in [5.74, 6) is 0.574. The fourth-order valence-corrected chi connectivity index (χ4v) is 2.78. The van der Waals surface area contributed by atoms with Crippen molar-refractivity contribution < 1.29 is 9.84 Å². The fourth-order valence-electron chi connectivity index (χ4n) is 1.96. The Kier molecular flexibility index (Phi) is 4.20. The maximum atomic E-state index is 9.66. The molecule has 3 rings (SSSR count). The zero-order valence-electron chi connectivity index (χ0n) is 12.0. The number of phenolic OH excluding ortho intramolecular Hbond substituents is 1. The molecule has 0 aliphatic rings. The number of aromatic nitrogens is 1. The number of anilines is 1.